The largest absolute Gasteiger partial charge is 0.493 e. The van der Waals surface area contributed by atoms with Gasteiger partial charge in [-0.25, -0.2) is 9.37 Å². The Morgan fingerprint density at radius 1 is 1.00 bits per heavy atom. The van der Waals surface area contributed by atoms with E-state index in [2.05, 4.69) is 15.6 Å². The Kier molecular flexibility index (Phi) is 6.63. The Morgan fingerprint density at radius 3 is 2.55 bits per heavy atom. The number of rotatable bonds is 8. The summed E-state index contributed by atoms with van der Waals surface area (Å²) in [5, 5.41) is 5.90. The van der Waals surface area contributed by atoms with Gasteiger partial charge in [-0.3, -0.25) is 4.79 Å². The van der Waals surface area contributed by atoms with Crippen molar-refractivity contribution in [2.24, 2.45) is 0 Å². The zero-order valence-corrected chi connectivity index (χ0v) is 16.2. The molecule has 2 aromatic carbocycles. The molecule has 3 rings (SSSR count). The summed E-state index contributed by atoms with van der Waals surface area (Å²) in [5.41, 5.74) is 1.86. The molecule has 0 unspecified atom stereocenters. The molecule has 0 saturated heterocycles. The van der Waals surface area contributed by atoms with E-state index in [1.165, 1.54) is 12.3 Å². The van der Waals surface area contributed by atoms with Gasteiger partial charge < -0.3 is 20.1 Å². The Morgan fingerprint density at radius 2 is 1.79 bits per heavy atom. The number of carbonyl (C=O) groups is 1. The molecule has 0 aliphatic heterocycles. The maximum Gasteiger partial charge on any atom is 0.251 e. The van der Waals surface area contributed by atoms with Gasteiger partial charge in [0.25, 0.3) is 5.91 Å². The lowest BCUT2D eigenvalue weighted by molar-refractivity contribution is 0.0951. The van der Waals surface area contributed by atoms with Crippen LogP contribution in [-0.4, -0.2) is 25.1 Å². The number of benzene rings is 2. The van der Waals surface area contributed by atoms with Gasteiger partial charge in [0.05, 0.1) is 14.2 Å². The van der Waals surface area contributed by atoms with Crippen molar-refractivity contribution in [1.82, 2.24) is 10.3 Å². The third kappa shape index (κ3) is 5.22. The molecule has 0 radical (unpaired) electrons. The number of nitrogens with one attached hydrogen (secondary N) is 2. The minimum Gasteiger partial charge on any atom is -0.493 e. The van der Waals surface area contributed by atoms with Gasteiger partial charge in [0, 0.05) is 30.4 Å². The maximum atomic E-state index is 13.7. The second-order valence-corrected chi connectivity index (χ2v) is 6.25. The van der Waals surface area contributed by atoms with Gasteiger partial charge in [0.15, 0.2) is 11.5 Å². The molecule has 0 aliphatic carbocycles. The van der Waals surface area contributed by atoms with Crippen LogP contribution in [0.1, 0.15) is 21.5 Å². The summed E-state index contributed by atoms with van der Waals surface area (Å²) in [6, 6.07) is 15.2. The Labute approximate surface area is 168 Å². The van der Waals surface area contributed by atoms with E-state index in [0.29, 0.717) is 35.0 Å². The van der Waals surface area contributed by atoms with Crippen molar-refractivity contribution in [3.63, 3.8) is 0 Å². The topological polar surface area (TPSA) is 72.5 Å². The molecular weight excluding hydrogens is 373 g/mol. The summed E-state index contributed by atoms with van der Waals surface area (Å²) in [5.74, 6) is 1.19. The predicted octanol–water partition coefficient (Wildman–Crippen LogP) is 3.78. The van der Waals surface area contributed by atoms with Crippen LogP contribution < -0.4 is 20.1 Å². The number of nitrogens with zero attached hydrogens (tertiary/aromatic N) is 1. The number of methoxy groups -OCH3 is 2. The third-order valence-corrected chi connectivity index (χ3v) is 4.34. The summed E-state index contributed by atoms with van der Waals surface area (Å²) in [6.45, 7) is 0.607. The molecule has 1 amide bonds. The van der Waals surface area contributed by atoms with E-state index in [0.717, 1.165) is 5.56 Å². The number of hydrogen-bond acceptors (Lipinski definition) is 5. The molecule has 2 N–H and O–H groups in total. The molecule has 150 valence electrons. The van der Waals surface area contributed by atoms with Crippen LogP contribution in [0.15, 0.2) is 60.8 Å². The summed E-state index contributed by atoms with van der Waals surface area (Å²) < 4.78 is 24.2. The van der Waals surface area contributed by atoms with Crippen molar-refractivity contribution in [1.29, 1.82) is 0 Å². The minimum absolute atomic E-state index is 0.240. The second kappa shape index (κ2) is 9.54. The van der Waals surface area contributed by atoms with Gasteiger partial charge in [0.1, 0.15) is 11.6 Å². The number of aromatic nitrogens is 1. The van der Waals surface area contributed by atoms with Crippen molar-refractivity contribution in [2.45, 2.75) is 13.1 Å². The predicted molar refractivity (Wildman–Crippen MR) is 109 cm³/mol. The van der Waals surface area contributed by atoms with E-state index in [4.69, 9.17) is 9.47 Å². The Hall–Kier alpha value is -3.61. The van der Waals surface area contributed by atoms with Gasteiger partial charge in [-0.05, 0) is 35.9 Å². The van der Waals surface area contributed by atoms with Crippen LogP contribution in [0.2, 0.25) is 0 Å². The Balaban J connectivity index is 1.61. The monoisotopic (exact) mass is 395 g/mol. The van der Waals surface area contributed by atoms with Crippen molar-refractivity contribution < 1.29 is 18.7 Å². The van der Waals surface area contributed by atoms with Gasteiger partial charge in [0.2, 0.25) is 0 Å². The fourth-order valence-electron chi connectivity index (χ4n) is 2.77. The highest BCUT2D eigenvalue weighted by Gasteiger charge is 2.09. The minimum atomic E-state index is -0.288. The summed E-state index contributed by atoms with van der Waals surface area (Å²) in [4.78, 5) is 16.7. The summed E-state index contributed by atoms with van der Waals surface area (Å²) >= 11 is 0. The normalized spacial score (nSPS) is 10.3. The number of anilines is 1. The van der Waals surface area contributed by atoms with E-state index in [9.17, 15) is 9.18 Å². The molecule has 0 spiro atoms. The van der Waals surface area contributed by atoms with Crippen molar-refractivity contribution in [3.05, 3.63) is 83.3 Å². The molecule has 1 heterocycles. The lowest BCUT2D eigenvalue weighted by atomic mass is 10.2. The first kappa shape index (κ1) is 20.1. The van der Waals surface area contributed by atoms with E-state index < -0.39 is 0 Å². The van der Waals surface area contributed by atoms with E-state index >= 15 is 0 Å². The number of ether oxygens (including phenoxy) is 2. The fourth-order valence-corrected chi connectivity index (χ4v) is 2.77. The van der Waals surface area contributed by atoms with Crippen LogP contribution in [-0.2, 0) is 13.1 Å². The molecular formula is C22H22FN3O3. The fraction of sp³-hybridized carbons (Fsp3) is 0.182. The molecule has 0 bridgehead atoms. The van der Waals surface area contributed by atoms with Crippen LogP contribution >= 0.6 is 0 Å². The quantitative estimate of drug-likeness (QED) is 0.607. The van der Waals surface area contributed by atoms with Crippen molar-refractivity contribution >= 4 is 11.7 Å². The standard InChI is InChI=1S/C22H22FN3O3/c1-28-19-8-7-15(11-20(19)29-2)13-26-22(27)16-9-10-24-21(12-16)25-14-17-5-3-4-6-18(17)23/h3-12H,13-14H2,1-2H3,(H,24,25)(H,26,27). The van der Waals surface area contributed by atoms with E-state index in [1.54, 1.807) is 50.6 Å². The van der Waals surface area contributed by atoms with Crippen LogP contribution in [0.5, 0.6) is 11.5 Å². The highest BCUT2D eigenvalue weighted by molar-refractivity contribution is 5.94. The first-order valence-corrected chi connectivity index (χ1v) is 9.03. The molecule has 0 fully saturated rings. The molecule has 6 nitrogen and oxygen atoms in total. The first-order chi connectivity index (χ1) is 14.1. The zero-order valence-electron chi connectivity index (χ0n) is 16.2. The van der Waals surface area contributed by atoms with Gasteiger partial charge in [-0.1, -0.05) is 24.3 Å². The maximum absolute atomic E-state index is 13.7. The Bertz CT molecular complexity index is 995. The van der Waals surface area contributed by atoms with Crippen LogP contribution in [0.3, 0.4) is 0 Å². The van der Waals surface area contributed by atoms with Crippen molar-refractivity contribution in [3.8, 4) is 11.5 Å². The smallest absolute Gasteiger partial charge is 0.251 e. The SMILES string of the molecule is COc1ccc(CNC(=O)c2ccnc(NCc3ccccc3F)c2)cc1OC. The van der Waals surface area contributed by atoms with Crippen molar-refractivity contribution in [2.75, 3.05) is 19.5 Å². The average molecular weight is 395 g/mol. The van der Waals surface area contributed by atoms with E-state index in [1.807, 2.05) is 12.1 Å². The lowest BCUT2D eigenvalue weighted by Crippen LogP contribution is -2.23. The van der Waals surface area contributed by atoms with E-state index in [-0.39, 0.29) is 18.3 Å². The number of halogens is 1. The third-order valence-electron chi connectivity index (χ3n) is 4.34. The molecule has 3 aromatic rings. The molecule has 7 heteroatoms. The number of hydrogen-bond donors (Lipinski definition) is 2. The molecule has 29 heavy (non-hydrogen) atoms. The van der Waals surface area contributed by atoms with Crippen LogP contribution in [0.25, 0.3) is 0 Å². The van der Waals surface area contributed by atoms with Gasteiger partial charge >= 0.3 is 0 Å². The number of amides is 1. The highest BCUT2D eigenvalue weighted by atomic mass is 19.1. The zero-order chi connectivity index (χ0) is 20.6. The summed E-state index contributed by atoms with van der Waals surface area (Å²) in [7, 11) is 3.13. The molecule has 0 saturated carbocycles. The molecule has 1 aromatic heterocycles. The van der Waals surface area contributed by atoms with Crippen LogP contribution in [0.4, 0.5) is 10.2 Å². The number of pyridine rings is 1. The molecule has 0 aliphatic rings. The average Bonchev–Trinajstić information content (AvgIpc) is 2.76. The van der Waals surface area contributed by atoms with Gasteiger partial charge in [-0.2, -0.15) is 0 Å². The lowest BCUT2D eigenvalue weighted by Gasteiger charge is -2.11. The first-order valence-electron chi connectivity index (χ1n) is 9.03. The number of carbonyl (C=O) groups excluding carboxylic acids is 1. The van der Waals surface area contributed by atoms with Gasteiger partial charge in [-0.15, -0.1) is 0 Å². The highest BCUT2D eigenvalue weighted by Crippen LogP contribution is 2.27. The second-order valence-electron chi connectivity index (χ2n) is 6.25. The van der Waals surface area contributed by atoms with Crippen LogP contribution in [0, 0.1) is 5.82 Å². The molecule has 0 atom stereocenters. The summed E-state index contributed by atoms with van der Waals surface area (Å²) in [6.07, 6.45) is 1.54.